The van der Waals surface area contributed by atoms with Crippen molar-refractivity contribution in [1.29, 1.82) is 0 Å². The molecule has 4 nitrogen and oxygen atoms in total. The monoisotopic (exact) mass is 327 g/mol. The summed E-state index contributed by atoms with van der Waals surface area (Å²) in [5.41, 5.74) is 0.437. The third-order valence-electron chi connectivity index (χ3n) is 3.42. The minimum atomic E-state index is -0.616. The fourth-order valence-electron chi connectivity index (χ4n) is 2.05. The number of rotatable bonds is 3. The van der Waals surface area contributed by atoms with Crippen LogP contribution in [0.1, 0.15) is 51.8 Å². The van der Waals surface area contributed by atoms with E-state index in [1.165, 1.54) is 24.3 Å². The summed E-state index contributed by atoms with van der Waals surface area (Å²) >= 11 is 0. The van der Waals surface area contributed by atoms with Crippen molar-refractivity contribution in [3.63, 3.8) is 0 Å². The molecule has 2 aromatic rings. The van der Waals surface area contributed by atoms with Crippen molar-refractivity contribution < 1.29 is 18.8 Å². The highest BCUT2D eigenvalue weighted by molar-refractivity contribution is 6.10. The molecule has 0 radical (unpaired) electrons. The molecule has 124 valence electrons. The lowest BCUT2D eigenvalue weighted by Gasteiger charge is -2.16. The predicted molar refractivity (Wildman–Crippen MR) is 88.4 cm³/mol. The molecule has 1 N–H and O–H groups in total. The summed E-state index contributed by atoms with van der Waals surface area (Å²) in [6, 6.07) is 11.0. The lowest BCUT2D eigenvalue weighted by atomic mass is 9.86. The smallest absolute Gasteiger partial charge is 0.258 e. The molecule has 0 aromatic heterocycles. The number of hydrogen-bond donors (Lipinski definition) is 1. The van der Waals surface area contributed by atoms with Gasteiger partial charge in [0, 0.05) is 22.1 Å². The number of ketones is 1. The minimum absolute atomic E-state index is 0.0307. The van der Waals surface area contributed by atoms with Crippen molar-refractivity contribution >= 4 is 17.6 Å². The van der Waals surface area contributed by atoms with Crippen LogP contribution < -0.4 is 5.32 Å². The van der Waals surface area contributed by atoms with Crippen LogP contribution in [-0.4, -0.2) is 17.6 Å². The number of nitrogens with one attached hydrogen (secondary N) is 1. The number of carbonyl (C=O) groups excluding carboxylic acids is 3. The van der Waals surface area contributed by atoms with Crippen molar-refractivity contribution in [1.82, 2.24) is 5.32 Å². The van der Waals surface area contributed by atoms with Gasteiger partial charge in [0.2, 0.25) is 0 Å². The Kier molecular flexibility index (Phi) is 4.93. The van der Waals surface area contributed by atoms with E-state index in [1.54, 1.807) is 12.1 Å². The second-order valence-electron chi connectivity index (χ2n) is 6.45. The van der Waals surface area contributed by atoms with Gasteiger partial charge >= 0.3 is 0 Å². The molecule has 0 unspecified atom stereocenters. The molecule has 0 aliphatic heterocycles. The summed E-state index contributed by atoms with van der Waals surface area (Å²) in [6.07, 6.45) is 0. The highest BCUT2D eigenvalue weighted by Crippen LogP contribution is 2.21. The molecule has 0 saturated carbocycles. The Hall–Kier alpha value is -2.82. The zero-order chi connectivity index (χ0) is 17.9. The van der Waals surface area contributed by atoms with E-state index in [4.69, 9.17) is 0 Å². The van der Waals surface area contributed by atoms with Gasteiger partial charge in [0.15, 0.2) is 5.78 Å². The van der Waals surface area contributed by atoms with E-state index in [0.29, 0.717) is 5.56 Å². The molecule has 24 heavy (non-hydrogen) atoms. The molecule has 0 aliphatic carbocycles. The Bertz CT molecular complexity index is 772. The van der Waals surface area contributed by atoms with Gasteiger partial charge in [-0.1, -0.05) is 32.9 Å². The van der Waals surface area contributed by atoms with Gasteiger partial charge in [-0.2, -0.15) is 0 Å². The average Bonchev–Trinajstić information content (AvgIpc) is 2.54. The molecule has 2 amide bonds. The second-order valence-corrected chi connectivity index (χ2v) is 6.45. The number of imide groups is 1. The highest BCUT2D eigenvalue weighted by Gasteiger charge is 2.23. The maximum absolute atomic E-state index is 12.8. The van der Waals surface area contributed by atoms with Gasteiger partial charge in [-0.25, -0.2) is 4.39 Å². The van der Waals surface area contributed by atoms with Crippen LogP contribution in [0.25, 0.3) is 0 Å². The maximum atomic E-state index is 12.8. The molecule has 0 heterocycles. The lowest BCUT2D eigenvalue weighted by Crippen LogP contribution is -2.30. The normalized spacial score (nSPS) is 11.0. The number of hydrogen-bond acceptors (Lipinski definition) is 3. The molecule has 0 atom stereocenters. The predicted octanol–water partition coefficient (Wildman–Crippen LogP) is 3.62. The van der Waals surface area contributed by atoms with Crippen LogP contribution in [-0.2, 0) is 0 Å². The average molecular weight is 327 g/mol. The van der Waals surface area contributed by atoms with Crippen molar-refractivity contribution in [2.24, 2.45) is 5.41 Å². The van der Waals surface area contributed by atoms with Crippen LogP contribution in [0, 0.1) is 11.2 Å². The first kappa shape index (κ1) is 17.5. The van der Waals surface area contributed by atoms with Crippen molar-refractivity contribution in [3.8, 4) is 0 Å². The molecular formula is C19H18FNO3. The fraction of sp³-hybridized carbons (Fsp3) is 0.211. The van der Waals surface area contributed by atoms with Crippen molar-refractivity contribution in [2.75, 3.05) is 0 Å². The van der Waals surface area contributed by atoms with Gasteiger partial charge < -0.3 is 0 Å². The van der Waals surface area contributed by atoms with Gasteiger partial charge in [0.1, 0.15) is 5.82 Å². The third-order valence-corrected chi connectivity index (χ3v) is 3.42. The first-order chi connectivity index (χ1) is 11.2. The van der Waals surface area contributed by atoms with Gasteiger partial charge in [-0.05, 0) is 36.4 Å². The van der Waals surface area contributed by atoms with Crippen LogP contribution in [0.5, 0.6) is 0 Å². The molecule has 0 aliphatic rings. The maximum Gasteiger partial charge on any atom is 0.258 e. The zero-order valence-electron chi connectivity index (χ0n) is 13.7. The van der Waals surface area contributed by atoms with Gasteiger partial charge in [0.05, 0.1) is 0 Å². The summed E-state index contributed by atoms with van der Waals surface area (Å²) in [5.74, 6) is -1.69. The largest absolute Gasteiger partial charge is 0.294 e. The van der Waals surface area contributed by atoms with Gasteiger partial charge in [-0.3, -0.25) is 19.7 Å². The van der Waals surface area contributed by atoms with E-state index in [-0.39, 0.29) is 16.9 Å². The quantitative estimate of drug-likeness (QED) is 0.692. The van der Waals surface area contributed by atoms with Crippen LogP contribution in [0.3, 0.4) is 0 Å². The van der Waals surface area contributed by atoms with Crippen LogP contribution >= 0.6 is 0 Å². The molecular weight excluding hydrogens is 309 g/mol. The summed E-state index contributed by atoms with van der Waals surface area (Å²) in [7, 11) is 0. The summed E-state index contributed by atoms with van der Waals surface area (Å²) < 4.78 is 12.8. The second kappa shape index (κ2) is 6.74. The molecule has 2 rings (SSSR count). The van der Waals surface area contributed by atoms with Gasteiger partial charge in [-0.15, -0.1) is 0 Å². The zero-order valence-corrected chi connectivity index (χ0v) is 13.7. The lowest BCUT2D eigenvalue weighted by molar-refractivity contribution is 0.0840. The molecule has 0 bridgehead atoms. The third kappa shape index (κ3) is 4.13. The van der Waals surface area contributed by atoms with Crippen LogP contribution in [0.2, 0.25) is 0 Å². The standard InChI is InChI=1S/C19H18FNO3/c1-19(2,3)16(22)12-4-6-13(7-5-12)17(23)21-18(24)14-8-10-15(20)11-9-14/h4-11H,1-3H3,(H,21,23,24). The number of carbonyl (C=O) groups is 3. The molecule has 0 saturated heterocycles. The van der Waals surface area contributed by atoms with E-state index in [9.17, 15) is 18.8 Å². The van der Waals surface area contributed by atoms with E-state index in [1.807, 2.05) is 20.8 Å². The molecule has 0 fully saturated rings. The summed E-state index contributed by atoms with van der Waals surface area (Å²) in [6.45, 7) is 5.45. The van der Waals surface area contributed by atoms with Crippen molar-refractivity contribution in [2.45, 2.75) is 20.8 Å². The highest BCUT2D eigenvalue weighted by atomic mass is 19.1. The Morgan fingerprint density at radius 3 is 1.54 bits per heavy atom. The topological polar surface area (TPSA) is 63.2 Å². The fourth-order valence-corrected chi connectivity index (χ4v) is 2.05. The van der Waals surface area contributed by atoms with E-state index >= 15 is 0 Å². The van der Waals surface area contributed by atoms with E-state index in [2.05, 4.69) is 5.32 Å². The first-order valence-electron chi connectivity index (χ1n) is 7.44. The Morgan fingerprint density at radius 2 is 1.12 bits per heavy atom. The molecule has 0 spiro atoms. The van der Waals surface area contributed by atoms with E-state index < -0.39 is 23.0 Å². The summed E-state index contributed by atoms with van der Waals surface area (Å²) in [4.78, 5) is 36.2. The number of Topliss-reactive ketones (excluding diaryl/α,β-unsaturated/α-hetero) is 1. The number of amides is 2. The van der Waals surface area contributed by atoms with Crippen LogP contribution in [0.15, 0.2) is 48.5 Å². The first-order valence-corrected chi connectivity index (χ1v) is 7.44. The van der Waals surface area contributed by atoms with Crippen molar-refractivity contribution in [3.05, 3.63) is 71.0 Å². The number of halogens is 1. The minimum Gasteiger partial charge on any atom is -0.294 e. The molecule has 2 aromatic carbocycles. The summed E-state index contributed by atoms with van der Waals surface area (Å²) in [5, 5.41) is 2.23. The van der Waals surface area contributed by atoms with E-state index in [0.717, 1.165) is 12.1 Å². The van der Waals surface area contributed by atoms with Crippen LogP contribution in [0.4, 0.5) is 4.39 Å². The molecule has 5 heteroatoms. The SMILES string of the molecule is CC(C)(C)C(=O)c1ccc(C(=O)NC(=O)c2ccc(F)cc2)cc1. The Labute approximate surface area is 139 Å². The van der Waals surface area contributed by atoms with Gasteiger partial charge in [0.25, 0.3) is 11.8 Å². The Morgan fingerprint density at radius 1 is 0.750 bits per heavy atom. The number of benzene rings is 2. The Balaban J connectivity index is 2.09.